The van der Waals surface area contributed by atoms with Crippen LogP contribution in [0, 0.1) is 0 Å². The molecule has 0 radical (unpaired) electrons. The van der Waals surface area contributed by atoms with Gasteiger partial charge in [0.1, 0.15) is 0 Å². The molecule has 10 aromatic carbocycles. The number of hydrogen-bond acceptors (Lipinski definition) is 2. The van der Waals surface area contributed by atoms with E-state index in [1.165, 1.54) is 76.9 Å². The Hall–Kier alpha value is -7.88. The van der Waals surface area contributed by atoms with E-state index in [2.05, 4.69) is 211 Å². The molecule has 3 nitrogen and oxygen atoms in total. The van der Waals surface area contributed by atoms with Crippen molar-refractivity contribution < 1.29 is 0 Å². The first-order valence-corrected chi connectivity index (χ1v) is 20.1. The molecular formula is C56H35N3. The highest BCUT2D eigenvalue weighted by atomic mass is 15.0. The van der Waals surface area contributed by atoms with Crippen molar-refractivity contribution in [2.24, 2.45) is 0 Å². The summed E-state index contributed by atoms with van der Waals surface area (Å²) in [7, 11) is 0. The predicted octanol–water partition coefficient (Wildman–Crippen LogP) is 14.9. The van der Waals surface area contributed by atoms with Gasteiger partial charge in [0.15, 0.2) is 0 Å². The molecule has 0 aliphatic carbocycles. The first-order chi connectivity index (χ1) is 29.2. The molecule has 0 bridgehead atoms. The summed E-state index contributed by atoms with van der Waals surface area (Å²) in [6, 6.07) is 74.4. The van der Waals surface area contributed by atoms with Crippen LogP contribution >= 0.6 is 0 Å². The maximum atomic E-state index is 5.20. The number of rotatable bonds is 5. The highest BCUT2D eigenvalue weighted by molar-refractivity contribution is 6.23. The summed E-state index contributed by atoms with van der Waals surface area (Å²) >= 11 is 0. The molecule has 12 rings (SSSR count). The van der Waals surface area contributed by atoms with Gasteiger partial charge in [0.2, 0.25) is 0 Å². The number of nitrogens with zero attached hydrogens (tertiary/aromatic N) is 3. The Bertz CT molecular complexity index is 3560. The Morgan fingerprint density at radius 3 is 1.53 bits per heavy atom. The molecule has 2 heterocycles. The molecule has 59 heavy (non-hydrogen) atoms. The van der Waals surface area contributed by atoms with E-state index in [9.17, 15) is 0 Å². The van der Waals surface area contributed by atoms with Crippen LogP contribution in [0.3, 0.4) is 0 Å². The van der Waals surface area contributed by atoms with E-state index in [4.69, 9.17) is 9.97 Å². The molecular weight excluding hydrogens is 715 g/mol. The Morgan fingerprint density at radius 1 is 0.305 bits per heavy atom. The van der Waals surface area contributed by atoms with Crippen molar-refractivity contribution in [2.45, 2.75) is 0 Å². The monoisotopic (exact) mass is 749 g/mol. The van der Waals surface area contributed by atoms with Crippen LogP contribution in [0.25, 0.3) is 115 Å². The zero-order valence-electron chi connectivity index (χ0n) is 32.0. The van der Waals surface area contributed by atoms with Crippen molar-refractivity contribution in [3.63, 3.8) is 0 Å². The topological polar surface area (TPSA) is 30.7 Å². The van der Waals surface area contributed by atoms with Crippen LogP contribution in [0.1, 0.15) is 0 Å². The lowest BCUT2D eigenvalue weighted by atomic mass is 9.96. The Morgan fingerprint density at radius 2 is 0.831 bits per heavy atom. The zero-order valence-corrected chi connectivity index (χ0v) is 32.0. The average Bonchev–Trinajstić information content (AvgIpc) is 3.65. The Labute approximate surface area is 341 Å². The standard InChI is InChI=1S/C56H35N3/c1-2-11-43-33-45(30-28-36(43)10-1)59-53-19-8-7-16-48(53)51-34-44(29-31-54(51)59)39-22-20-37(21-23-39)41-12-9-13-42(32-41)38-24-26-40(27-25-38)52-35-57-55-49-17-5-3-14-46(49)47-15-4-6-18-50(47)56(55)58-52/h1-35H. The lowest BCUT2D eigenvalue weighted by Crippen LogP contribution is -1.93. The van der Waals surface area contributed by atoms with Crippen molar-refractivity contribution in [1.29, 1.82) is 0 Å². The van der Waals surface area contributed by atoms with Gasteiger partial charge >= 0.3 is 0 Å². The lowest BCUT2D eigenvalue weighted by molar-refractivity contribution is 1.19. The van der Waals surface area contributed by atoms with Gasteiger partial charge in [0, 0.05) is 32.8 Å². The van der Waals surface area contributed by atoms with Gasteiger partial charge in [-0.1, -0.05) is 170 Å². The van der Waals surface area contributed by atoms with Crippen LogP contribution in [0.15, 0.2) is 212 Å². The van der Waals surface area contributed by atoms with E-state index in [0.717, 1.165) is 38.6 Å². The predicted molar refractivity (Wildman–Crippen MR) is 248 cm³/mol. The van der Waals surface area contributed by atoms with Crippen LogP contribution in [0.4, 0.5) is 0 Å². The molecule has 0 spiro atoms. The largest absolute Gasteiger partial charge is 0.309 e. The van der Waals surface area contributed by atoms with Gasteiger partial charge in [-0.3, -0.25) is 4.98 Å². The zero-order chi connectivity index (χ0) is 38.9. The maximum Gasteiger partial charge on any atom is 0.0979 e. The highest BCUT2D eigenvalue weighted by Crippen LogP contribution is 2.38. The fourth-order valence-electron chi connectivity index (χ4n) is 9.08. The van der Waals surface area contributed by atoms with E-state index < -0.39 is 0 Å². The van der Waals surface area contributed by atoms with Gasteiger partial charge in [-0.25, -0.2) is 4.98 Å². The molecule has 2 aromatic heterocycles. The molecule has 3 heteroatoms. The van der Waals surface area contributed by atoms with E-state index >= 15 is 0 Å². The second-order valence-electron chi connectivity index (χ2n) is 15.4. The molecule has 274 valence electrons. The fourth-order valence-corrected chi connectivity index (χ4v) is 9.08. The molecule has 12 aromatic rings. The van der Waals surface area contributed by atoms with Crippen molar-refractivity contribution in [3.8, 4) is 50.3 Å². The van der Waals surface area contributed by atoms with Gasteiger partial charge in [-0.05, 0) is 91.3 Å². The van der Waals surface area contributed by atoms with Crippen LogP contribution in [0.2, 0.25) is 0 Å². The number of para-hydroxylation sites is 1. The quantitative estimate of drug-likeness (QED) is 0.164. The summed E-state index contributed by atoms with van der Waals surface area (Å²) in [5, 5.41) is 9.66. The van der Waals surface area contributed by atoms with Crippen LogP contribution in [0.5, 0.6) is 0 Å². The molecule has 0 atom stereocenters. The molecule has 0 fully saturated rings. The maximum absolute atomic E-state index is 5.20. The van der Waals surface area contributed by atoms with Crippen molar-refractivity contribution in [3.05, 3.63) is 212 Å². The normalized spacial score (nSPS) is 11.7. The molecule has 0 saturated carbocycles. The molecule has 0 unspecified atom stereocenters. The molecule has 0 aliphatic rings. The summed E-state index contributed by atoms with van der Waals surface area (Å²) in [5.74, 6) is 0. The summed E-state index contributed by atoms with van der Waals surface area (Å²) in [5.41, 5.74) is 14.5. The summed E-state index contributed by atoms with van der Waals surface area (Å²) in [6.45, 7) is 0. The summed E-state index contributed by atoms with van der Waals surface area (Å²) in [4.78, 5) is 10.2. The third kappa shape index (κ3) is 5.51. The molecule has 0 saturated heterocycles. The first kappa shape index (κ1) is 33.3. The average molecular weight is 750 g/mol. The van der Waals surface area contributed by atoms with Gasteiger partial charge in [0.25, 0.3) is 0 Å². The van der Waals surface area contributed by atoms with E-state index in [0.29, 0.717) is 0 Å². The smallest absolute Gasteiger partial charge is 0.0979 e. The van der Waals surface area contributed by atoms with Crippen molar-refractivity contribution >= 4 is 65.2 Å². The Balaban J connectivity index is 0.841. The molecule has 0 aliphatic heterocycles. The third-order valence-corrected chi connectivity index (χ3v) is 12.0. The van der Waals surface area contributed by atoms with Crippen LogP contribution < -0.4 is 0 Å². The van der Waals surface area contributed by atoms with Crippen LogP contribution in [-0.4, -0.2) is 14.5 Å². The molecule has 0 N–H and O–H groups in total. The van der Waals surface area contributed by atoms with Gasteiger partial charge < -0.3 is 4.57 Å². The van der Waals surface area contributed by atoms with Gasteiger partial charge in [-0.15, -0.1) is 0 Å². The minimum atomic E-state index is 0.869. The van der Waals surface area contributed by atoms with E-state index in [1.807, 2.05) is 6.20 Å². The minimum absolute atomic E-state index is 0.869. The third-order valence-electron chi connectivity index (χ3n) is 12.0. The summed E-state index contributed by atoms with van der Waals surface area (Å²) < 4.78 is 2.39. The number of aromatic nitrogens is 3. The van der Waals surface area contributed by atoms with Crippen molar-refractivity contribution in [2.75, 3.05) is 0 Å². The molecule has 0 amide bonds. The second-order valence-corrected chi connectivity index (χ2v) is 15.4. The first-order valence-electron chi connectivity index (χ1n) is 20.1. The summed E-state index contributed by atoms with van der Waals surface area (Å²) in [6.07, 6.45) is 1.91. The fraction of sp³-hybridized carbons (Fsp3) is 0. The number of benzene rings is 10. The van der Waals surface area contributed by atoms with Crippen LogP contribution in [-0.2, 0) is 0 Å². The number of hydrogen-bond donors (Lipinski definition) is 0. The Kier molecular flexibility index (Phi) is 7.54. The van der Waals surface area contributed by atoms with E-state index in [1.54, 1.807) is 0 Å². The highest BCUT2D eigenvalue weighted by Gasteiger charge is 2.15. The number of fused-ring (bicyclic) bond motifs is 10. The lowest BCUT2D eigenvalue weighted by Gasteiger charge is -2.11. The SMILES string of the molecule is c1cc(-c2ccc(-c3ccc4c(c3)c3ccccc3n4-c3ccc4ccccc4c3)cc2)cc(-c2ccc(-c3cnc4c5ccccc5c5ccccc5c4n3)cc2)c1. The minimum Gasteiger partial charge on any atom is -0.309 e. The van der Waals surface area contributed by atoms with E-state index in [-0.39, 0.29) is 0 Å². The van der Waals surface area contributed by atoms with Gasteiger partial charge in [-0.2, -0.15) is 0 Å². The van der Waals surface area contributed by atoms with Gasteiger partial charge in [0.05, 0.1) is 34.0 Å². The second kappa shape index (κ2) is 13.4. The van der Waals surface area contributed by atoms with Crippen molar-refractivity contribution in [1.82, 2.24) is 14.5 Å².